The van der Waals surface area contributed by atoms with Crippen molar-refractivity contribution < 1.29 is 19.9 Å². The van der Waals surface area contributed by atoms with E-state index >= 15 is 0 Å². The predicted molar refractivity (Wildman–Crippen MR) is 64.9 cm³/mol. The van der Waals surface area contributed by atoms with E-state index in [1.54, 1.807) is 18.3 Å². The van der Waals surface area contributed by atoms with Crippen LogP contribution in [-0.2, 0) is 0 Å². The number of carbonyl (C=O) groups is 1. The number of benzene rings is 1. The van der Waals surface area contributed by atoms with Crippen molar-refractivity contribution in [2.45, 2.75) is 0 Å². The molecule has 0 aliphatic heterocycles. The van der Waals surface area contributed by atoms with Gasteiger partial charge in [0, 0.05) is 29.3 Å². The van der Waals surface area contributed by atoms with Crippen LogP contribution >= 0.6 is 11.3 Å². The molecule has 0 amide bonds. The number of hydrogen-bond donors (Lipinski definition) is 2. The third kappa shape index (κ3) is 4.18. The molecule has 0 saturated heterocycles. The van der Waals surface area contributed by atoms with Crippen LogP contribution in [0, 0.1) is 10.1 Å². The van der Waals surface area contributed by atoms with Crippen LogP contribution in [-0.4, -0.2) is 26.3 Å². The molecule has 8 heteroatoms. The molecule has 0 atom stereocenters. The fourth-order valence-corrected chi connectivity index (χ4v) is 1.74. The highest BCUT2D eigenvalue weighted by Crippen LogP contribution is 2.23. The Morgan fingerprint density at radius 1 is 1.28 bits per heavy atom. The molecule has 2 N–H and O–H groups in total. The number of carboxylic acid groups (broad SMARTS) is 2. The number of non-ortho nitro benzene ring substituents is 1. The van der Waals surface area contributed by atoms with Crippen LogP contribution in [0.1, 0.15) is 0 Å². The van der Waals surface area contributed by atoms with E-state index in [9.17, 15) is 10.1 Å². The summed E-state index contributed by atoms with van der Waals surface area (Å²) in [4.78, 5) is 22.6. The SMILES string of the molecule is O=C(O)O.O=[N+]([O-])c1ccc(-c2nccs2)cc1. The van der Waals surface area contributed by atoms with Gasteiger partial charge in [-0.05, 0) is 12.1 Å². The molecule has 1 heterocycles. The standard InChI is InChI=1S/C9H6N2O2S.CH2O3/c12-11(13)8-3-1-7(2-4-8)9-10-5-6-14-9;2-1(3)4/h1-6H;(H2,2,3,4). The van der Waals surface area contributed by atoms with Crippen molar-refractivity contribution in [3.63, 3.8) is 0 Å². The zero-order valence-electron chi connectivity index (χ0n) is 8.89. The summed E-state index contributed by atoms with van der Waals surface area (Å²) in [6, 6.07) is 6.38. The summed E-state index contributed by atoms with van der Waals surface area (Å²) in [6.07, 6.45) is -0.124. The maximum Gasteiger partial charge on any atom is 0.503 e. The molecule has 2 rings (SSSR count). The summed E-state index contributed by atoms with van der Waals surface area (Å²) >= 11 is 1.51. The van der Waals surface area contributed by atoms with Gasteiger partial charge in [0.05, 0.1) is 4.92 Å². The fourth-order valence-electron chi connectivity index (χ4n) is 1.09. The highest BCUT2D eigenvalue weighted by molar-refractivity contribution is 7.13. The minimum Gasteiger partial charge on any atom is -0.450 e. The third-order valence-electron chi connectivity index (χ3n) is 1.76. The molecule has 0 bridgehead atoms. The maximum absolute atomic E-state index is 10.4. The first-order valence-electron chi connectivity index (χ1n) is 4.57. The second-order valence-corrected chi connectivity index (χ2v) is 3.82. The number of rotatable bonds is 2. The lowest BCUT2D eigenvalue weighted by Crippen LogP contribution is -1.86. The molecule has 0 aliphatic rings. The Bertz CT molecular complexity index is 520. The second-order valence-electron chi connectivity index (χ2n) is 2.92. The van der Waals surface area contributed by atoms with Crippen LogP contribution in [0.4, 0.5) is 10.5 Å². The molecule has 0 saturated carbocycles. The number of nitro groups is 1. The monoisotopic (exact) mass is 268 g/mol. The van der Waals surface area contributed by atoms with Crippen molar-refractivity contribution in [2.75, 3.05) is 0 Å². The average molecular weight is 268 g/mol. The molecule has 1 aromatic carbocycles. The largest absolute Gasteiger partial charge is 0.503 e. The summed E-state index contributed by atoms with van der Waals surface area (Å²) in [5, 5.41) is 27.1. The second kappa shape index (κ2) is 6.30. The predicted octanol–water partition coefficient (Wildman–Crippen LogP) is 2.94. The average Bonchev–Trinajstić information content (AvgIpc) is 2.81. The van der Waals surface area contributed by atoms with Crippen molar-refractivity contribution in [1.82, 2.24) is 4.98 Å². The van der Waals surface area contributed by atoms with Crippen LogP contribution < -0.4 is 0 Å². The molecule has 1 aromatic heterocycles. The lowest BCUT2D eigenvalue weighted by molar-refractivity contribution is -0.384. The van der Waals surface area contributed by atoms with Gasteiger partial charge in [0.2, 0.25) is 0 Å². The molecule has 0 unspecified atom stereocenters. The fraction of sp³-hybridized carbons (Fsp3) is 0. The van der Waals surface area contributed by atoms with Gasteiger partial charge in [0.25, 0.3) is 5.69 Å². The first-order chi connectivity index (χ1) is 8.50. The van der Waals surface area contributed by atoms with E-state index in [-0.39, 0.29) is 5.69 Å². The number of hydrogen-bond acceptors (Lipinski definition) is 5. The van der Waals surface area contributed by atoms with E-state index in [1.807, 2.05) is 5.38 Å². The molecule has 0 spiro atoms. The zero-order chi connectivity index (χ0) is 13.5. The van der Waals surface area contributed by atoms with E-state index in [1.165, 1.54) is 23.5 Å². The van der Waals surface area contributed by atoms with Gasteiger partial charge in [0.1, 0.15) is 5.01 Å². The Labute approximate surface area is 105 Å². The molecular weight excluding hydrogens is 260 g/mol. The molecule has 94 valence electrons. The van der Waals surface area contributed by atoms with E-state index in [0.29, 0.717) is 0 Å². The van der Waals surface area contributed by atoms with Gasteiger partial charge in [-0.1, -0.05) is 0 Å². The molecule has 18 heavy (non-hydrogen) atoms. The van der Waals surface area contributed by atoms with E-state index < -0.39 is 11.1 Å². The Balaban J connectivity index is 0.000000357. The van der Waals surface area contributed by atoms with Gasteiger partial charge in [0.15, 0.2) is 0 Å². The van der Waals surface area contributed by atoms with Crippen molar-refractivity contribution >= 4 is 23.2 Å². The molecule has 0 radical (unpaired) electrons. The van der Waals surface area contributed by atoms with E-state index in [4.69, 9.17) is 15.0 Å². The first-order valence-corrected chi connectivity index (χ1v) is 5.45. The molecule has 7 nitrogen and oxygen atoms in total. The van der Waals surface area contributed by atoms with Crippen LogP contribution in [0.5, 0.6) is 0 Å². The van der Waals surface area contributed by atoms with Crippen LogP contribution in [0.3, 0.4) is 0 Å². The van der Waals surface area contributed by atoms with Gasteiger partial charge in [-0.25, -0.2) is 9.78 Å². The lowest BCUT2D eigenvalue weighted by atomic mass is 10.2. The summed E-state index contributed by atoms with van der Waals surface area (Å²) < 4.78 is 0. The normalized spacial score (nSPS) is 9.11. The van der Waals surface area contributed by atoms with Gasteiger partial charge >= 0.3 is 6.16 Å². The highest BCUT2D eigenvalue weighted by Gasteiger charge is 2.05. The number of nitrogens with zero attached hydrogens (tertiary/aromatic N) is 2. The number of thiazole rings is 1. The summed E-state index contributed by atoms with van der Waals surface area (Å²) in [5.74, 6) is 0. The summed E-state index contributed by atoms with van der Waals surface area (Å²) in [7, 11) is 0. The molecular formula is C10H8N2O5S. The van der Waals surface area contributed by atoms with Crippen molar-refractivity contribution in [3.8, 4) is 10.6 Å². The smallest absolute Gasteiger partial charge is 0.450 e. The van der Waals surface area contributed by atoms with Gasteiger partial charge in [-0.2, -0.15) is 0 Å². The minimum absolute atomic E-state index is 0.102. The number of nitro benzene ring substituents is 1. The summed E-state index contributed by atoms with van der Waals surface area (Å²) in [6.45, 7) is 0. The van der Waals surface area contributed by atoms with Crippen molar-refractivity contribution in [2.24, 2.45) is 0 Å². The maximum atomic E-state index is 10.4. The van der Waals surface area contributed by atoms with Crippen molar-refractivity contribution in [1.29, 1.82) is 0 Å². The van der Waals surface area contributed by atoms with Gasteiger partial charge in [-0.3, -0.25) is 10.1 Å². The lowest BCUT2D eigenvalue weighted by Gasteiger charge is -1.94. The Morgan fingerprint density at radius 3 is 2.22 bits per heavy atom. The van der Waals surface area contributed by atoms with E-state index in [0.717, 1.165) is 10.6 Å². The van der Waals surface area contributed by atoms with Crippen LogP contribution in [0.25, 0.3) is 10.6 Å². The highest BCUT2D eigenvalue weighted by atomic mass is 32.1. The third-order valence-corrected chi connectivity index (χ3v) is 2.58. The van der Waals surface area contributed by atoms with Crippen LogP contribution in [0.15, 0.2) is 35.8 Å². The van der Waals surface area contributed by atoms with Gasteiger partial charge in [-0.15, -0.1) is 11.3 Å². The molecule has 0 aliphatic carbocycles. The Kier molecular flexibility index (Phi) is 4.76. The Hall–Kier alpha value is -2.48. The Morgan fingerprint density at radius 2 is 1.83 bits per heavy atom. The topological polar surface area (TPSA) is 114 Å². The summed E-state index contributed by atoms with van der Waals surface area (Å²) in [5.41, 5.74) is 1.01. The molecule has 2 aromatic rings. The van der Waals surface area contributed by atoms with E-state index in [2.05, 4.69) is 4.98 Å². The number of aromatic nitrogens is 1. The van der Waals surface area contributed by atoms with Crippen molar-refractivity contribution in [3.05, 3.63) is 46.0 Å². The zero-order valence-corrected chi connectivity index (χ0v) is 9.70. The van der Waals surface area contributed by atoms with Crippen LogP contribution in [0.2, 0.25) is 0 Å². The molecule has 0 fully saturated rings. The minimum atomic E-state index is -1.83. The van der Waals surface area contributed by atoms with Gasteiger partial charge < -0.3 is 10.2 Å². The first kappa shape index (κ1) is 13.6. The quantitative estimate of drug-likeness (QED) is 0.639.